The van der Waals surface area contributed by atoms with E-state index < -0.39 is 28.0 Å². The van der Waals surface area contributed by atoms with Crippen molar-refractivity contribution in [2.75, 3.05) is 12.5 Å². The van der Waals surface area contributed by atoms with Gasteiger partial charge in [0.1, 0.15) is 5.75 Å². The number of carbonyl (C=O) groups is 3. The number of carbonyl (C=O) groups excluding carboxylic acids is 3. The first kappa shape index (κ1) is 102. The van der Waals surface area contributed by atoms with Crippen molar-refractivity contribution >= 4 is 62.3 Å². The van der Waals surface area contributed by atoms with E-state index in [1.807, 2.05) is 118 Å². The first-order valence-corrected chi connectivity index (χ1v) is 47.3. The second-order valence-corrected chi connectivity index (χ2v) is 40.5. The highest BCUT2D eigenvalue weighted by atomic mass is 35.5. The van der Waals surface area contributed by atoms with E-state index in [0.29, 0.717) is 89.0 Å². The topological polar surface area (TPSA) is 165 Å². The summed E-state index contributed by atoms with van der Waals surface area (Å²) < 4.78 is 48.5. The Hall–Kier alpha value is -7.64. The quantitative estimate of drug-likeness (QED) is 0.0116. The van der Waals surface area contributed by atoms with E-state index in [1.165, 1.54) is 56.3 Å². The van der Waals surface area contributed by atoms with Crippen molar-refractivity contribution in [2.45, 2.75) is 276 Å². The van der Waals surface area contributed by atoms with Gasteiger partial charge >= 0.3 is 10.1 Å². The van der Waals surface area contributed by atoms with E-state index in [-0.39, 0.29) is 17.3 Å². The molecule has 0 aromatic heterocycles. The summed E-state index contributed by atoms with van der Waals surface area (Å²) in [6.45, 7) is 55.4. The van der Waals surface area contributed by atoms with Gasteiger partial charge in [-0.05, 0) is 152 Å². The van der Waals surface area contributed by atoms with Gasteiger partial charge in [0, 0.05) is 54.5 Å². The van der Waals surface area contributed by atoms with Gasteiger partial charge in [-0.1, -0.05) is 349 Å². The predicted octanol–water partition coefficient (Wildman–Crippen LogP) is 27.4. The highest BCUT2D eigenvalue weighted by molar-refractivity contribution is 7.90. The summed E-state index contributed by atoms with van der Waals surface area (Å²) in [6.07, 6.45) is 7.22. The zero-order chi connectivity index (χ0) is 84.2. The maximum absolute atomic E-state index is 11.3. The Balaban J connectivity index is 0.00000122. The number of hydrogen-bond acceptors (Lipinski definition) is 8. The van der Waals surface area contributed by atoms with Gasteiger partial charge in [-0.25, -0.2) is 8.42 Å². The van der Waals surface area contributed by atoms with Crippen LogP contribution in [0, 0.1) is 5.92 Å². The Morgan fingerprint density at radius 3 is 0.745 bits per heavy atom. The zero-order valence-electron chi connectivity index (χ0n) is 72.5. The molecule has 0 heterocycles. The van der Waals surface area contributed by atoms with Crippen LogP contribution in [-0.4, -0.2) is 64.9 Å². The second-order valence-electron chi connectivity index (χ2n) is 31.6. The lowest BCUT2D eigenvalue weighted by Gasteiger charge is -2.10. The molecule has 0 amide bonds. The van der Waals surface area contributed by atoms with E-state index >= 15 is 0 Å². The summed E-state index contributed by atoms with van der Waals surface area (Å²) in [6, 6.07) is 64.0. The molecule has 0 aliphatic carbocycles. The molecule has 14 heteroatoms. The molecule has 0 saturated carbocycles. The Morgan fingerprint density at radius 2 is 0.582 bits per heavy atom. The van der Waals surface area contributed by atoms with Crippen LogP contribution in [0.4, 0.5) is 0 Å². The summed E-state index contributed by atoms with van der Waals surface area (Å²) >= 11 is 5.66. The number of sulfone groups is 1. The number of aryl methyl sites for hydroxylation is 2. The minimum atomic E-state index is -3.41. The molecule has 0 N–H and O–H groups in total. The largest absolute Gasteiger partial charge is 0.383 e. The van der Waals surface area contributed by atoms with Crippen LogP contribution in [-0.2, 0) is 38.7 Å². The van der Waals surface area contributed by atoms with Crippen LogP contribution >= 0.6 is 11.6 Å². The molecule has 0 saturated heterocycles. The smallest absolute Gasteiger partial charge is 0.306 e. The molecule has 8 rings (SSSR count). The number of rotatable bonds is 23. The molecule has 0 spiro atoms. The van der Waals surface area contributed by atoms with Gasteiger partial charge in [-0.3, -0.25) is 14.4 Å². The SMILES string of the molecule is CC(C)CC(=[N+]=[N-])[Si](C)(C)C.CC(C)c1ccc(CCl)cc1.CC(C)c1ccc(OS(C)(=O)=O)cc1.CC(C)c1ccc(S(C)(=O)=O)cc1.CCC(=O)c1ccc(C(C)C)cc1.CCC(=O)c1ccc(C(C)C)cc1.CCC(=O)c1ccc(C(C)C)cc1.CCc1ccc(C(C)C)cc1.CCc1ccc(C(C)C)cc1. The normalized spacial score (nSPS) is 10.9. The van der Waals surface area contributed by atoms with Gasteiger partial charge in [-0.2, -0.15) is 13.2 Å². The first-order chi connectivity index (χ1) is 51.3. The zero-order valence-corrected chi connectivity index (χ0v) is 75.9. The van der Waals surface area contributed by atoms with Crippen LogP contribution in [0.3, 0.4) is 0 Å². The van der Waals surface area contributed by atoms with Gasteiger partial charge < -0.3 is 9.71 Å². The van der Waals surface area contributed by atoms with Crippen molar-refractivity contribution in [1.82, 2.24) is 0 Å². The fourth-order valence-corrected chi connectivity index (χ4v) is 12.7. The van der Waals surface area contributed by atoms with Crippen molar-refractivity contribution in [2.24, 2.45) is 5.92 Å². The third kappa shape index (κ3) is 43.2. The predicted molar refractivity (Wildman–Crippen MR) is 476 cm³/mol. The average Bonchev–Trinajstić information content (AvgIpc) is 0.867. The van der Waals surface area contributed by atoms with Crippen LogP contribution < -0.4 is 4.18 Å². The van der Waals surface area contributed by atoms with Gasteiger partial charge in [-0.15, -0.1) is 11.6 Å². The van der Waals surface area contributed by atoms with Crippen LogP contribution in [0.1, 0.15) is 325 Å². The van der Waals surface area contributed by atoms with Crippen LogP contribution in [0.5, 0.6) is 5.75 Å². The third-order valence-corrected chi connectivity index (χ3v) is 21.9. The summed E-state index contributed by atoms with van der Waals surface area (Å²) in [5.41, 5.74) is 25.7. The van der Waals surface area contributed by atoms with Gasteiger partial charge in [0.15, 0.2) is 35.3 Å². The molecule has 8 aromatic rings. The summed E-state index contributed by atoms with van der Waals surface area (Å²) in [4.78, 5) is 37.6. The van der Waals surface area contributed by atoms with E-state index in [2.05, 4.69) is 236 Å². The monoisotopic (exact) mass is 1570 g/mol. The molecule has 0 atom stereocenters. The number of hydrogen-bond donors (Lipinski definition) is 0. The number of ketones is 3. The molecule has 0 radical (unpaired) electrons. The lowest BCUT2D eigenvalue weighted by Crippen LogP contribution is -2.35. The van der Waals surface area contributed by atoms with Gasteiger partial charge in [0.25, 0.3) is 0 Å². The van der Waals surface area contributed by atoms with E-state index in [4.69, 9.17) is 21.3 Å². The summed E-state index contributed by atoms with van der Waals surface area (Å²) in [7, 11) is -7.80. The fourth-order valence-electron chi connectivity index (χ4n) is 10.1. The summed E-state index contributed by atoms with van der Waals surface area (Å²) in [5, 5.41) is 1.02. The molecule has 110 heavy (non-hydrogen) atoms. The maximum atomic E-state index is 11.3. The van der Waals surface area contributed by atoms with Crippen molar-refractivity contribution in [1.29, 1.82) is 0 Å². The number of halogens is 1. The number of alkyl halides is 1. The van der Waals surface area contributed by atoms with Crippen molar-refractivity contribution < 1.29 is 40.2 Å². The molecule has 8 aromatic carbocycles. The minimum absolute atomic E-state index is 0.218. The fraction of sp³-hybridized carbons (Fsp3) is 0.458. The van der Waals surface area contributed by atoms with E-state index in [0.717, 1.165) is 58.7 Å². The van der Waals surface area contributed by atoms with E-state index in [9.17, 15) is 31.2 Å². The molecular weight excluding hydrogens is 1440 g/mol. The Kier molecular flexibility index (Phi) is 49.6. The Bertz CT molecular complexity index is 3880. The third-order valence-electron chi connectivity index (χ3n) is 17.9. The standard InChI is InChI=1S/3C12H16O.2C11H16.C10H13Cl.C10H14O3S.C10H14O2S.C8H18N2Si/c3*1-4-12(13)11-7-5-10(6-8-11)9(2)3;2*1-4-10-5-7-11(8-6-10)9(2)3;1-8(2)10-5-3-9(7-11)4-6-10;1-8(2)9-4-6-10(7-5-9)13-14(3,11)12;1-8(2)9-4-6-10(7-5-9)13(3,11)12;1-7(2)6-8(10-9)11(3,4)5/h3*5-9H,4H2,1-3H3;2*5-9H,4H2,1-3H3;3-6,8H,7H2,1-2H3;4-8H,1-3H3;4-8H,1-3H3;7H,6H2,1-5H3. The van der Waals surface area contributed by atoms with Gasteiger partial charge in [0.05, 0.1) is 11.2 Å². The molecule has 0 aliphatic rings. The van der Waals surface area contributed by atoms with Crippen molar-refractivity contribution in [3.05, 3.63) is 278 Å². The molecule has 0 aliphatic heterocycles. The number of Topliss-reactive ketones (excluding diaryl/α,β-unsaturated/α-hetero) is 3. The highest BCUT2D eigenvalue weighted by Gasteiger charge is 2.30. The molecule has 0 bridgehead atoms. The maximum Gasteiger partial charge on any atom is 0.306 e. The Morgan fingerprint density at radius 1 is 0.364 bits per heavy atom. The highest BCUT2D eigenvalue weighted by Crippen LogP contribution is 2.24. The number of nitrogens with zero attached hydrogens (tertiary/aromatic N) is 2. The first-order valence-electron chi connectivity index (χ1n) is 39.6. The summed E-state index contributed by atoms with van der Waals surface area (Å²) in [5.74, 6) is 6.60. The van der Waals surface area contributed by atoms with Gasteiger partial charge in [0.2, 0.25) is 5.33 Å². The van der Waals surface area contributed by atoms with Crippen molar-refractivity contribution in [3.63, 3.8) is 0 Å². The lowest BCUT2D eigenvalue weighted by atomic mass is 10.00. The second kappa shape index (κ2) is 53.3. The van der Waals surface area contributed by atoms with Crippen molar-refractivity contribution in [3.8, 4) is 5.75 Å². The van der Waals surface area contributed by atoms with Crippen LogP contribution in [0.2, 0.25) is 19.6 Å². The Labute approximate surface area is 675 Å². The molecule has 10 nitrogen and oxygen atoms in total. The minimum Gasteiger partial charge on any atom is -0.383 e. The molecule has 0 unspecified atom stereocenters. The van der Waals surface area contributed by atoms with Crippen LogP contribution in [0.15, 0.2) is 199 Å². The lowest BCUT2D eigenvalue weighted by molar-refractivity contribution is -0.00513. The van der Waals surface area contributed by atoms with Crippen LogP contribution in [0.25, 0.3) is 5.53 Å². The average molecular weight is 1580 g/mol. The molecular formula is C96H139ClN2O8S2Si. The van der Waals surface area contributed by atoms with E-state index in [1.54, 1.807) is 24.3 Å². The molecule has 604 valence electrons. The number of benzene rings is 8. The molecule has 0 fully saturated rings.